The van der Waals surface area contributed by atoms with Gasteiger partial charge in [-0.25, -0.2) is 0 Å². The SMILES string of the molecule is C=C(C)[C@@H]1CC[C@]2(C(=O)O)CC[C@]3(C)[C@H](CC[C@@H]4[C@@]5(C)CCC(OC(C)=O)C(C)(CO)[C@@H]5CC[C@]43C)[C@@H]12. The second kappa shape index (κ2) is 8.57. The molecule has 0 bridgehead atoms. The number of carboxylic acids is 1. The maximum Gasteiger partial charge on any atom is 0.309 e. The Morgan fingerprint density at radius 2 is 1.57 bits per heavy atom. The van der Waals surface area contributed by atoms with Crippen molar-refractivity contribution < 1.29 is 24.5 Å². The fraction of sp³-hybridized carbons (Fsp3) is 0.875. The van der Waals surface area contributed by atoms with Gasteiger partial charge in [0.05, 0.1) is 12.0 Å². The summed E-state index contributed by atoms with van der Waals surface area (Å²) in [5.74, 6) is 0.897. The van der Waals surface area contributed by atoms with E-state index in [1.807, 2.05) is 0 Å². The molecule has 5 rings (SSSR count). The highest BCUT2D eigenvalue weighted by Crippen LogP contribution is 2.77. The number of aliphatic hydroxyl groups is 1. The van der Waals surface area contributed by atoms with Gasteiger partial charge in [0.15, 0.2) is 0 Å². The summed E-state index contributed by atoms with van der Waals surface area (Å²) in [6.07, 6.45) is 9.46. The van der Waals surface area contributed by atoms with Gasteiger partial charge < -0.3 is 14.9 Å². The van der Waals surface area contributed by atoms with Crippen molar-refractivity contribution >= 4 is 11.9 Å². The van der Waals surface area contributed by atoms with Gasteiger partial charge in [0.25, 0.3) is 0 Å². The largest absolute Gasteiger partial charge is 0.481 e. The van der Waals surface area contributed by atoms with E-state index in [0.717, 1.165) is 64.2 Å². The highest BCUT2D eigenvalue weighted by atomic mass is 16.5. The summed E-state index contributed by atoms with van der Waals surface area (Å²) in [7, 11) is 0. The average molecular weight is 515 g/mol. The summed E-state index contributed by atoms with van der Waals surface area (Å²) < 4.78 is 5.81. The number of carbonyl (C=O) groups is 2. The van der Waals surface area contributed by atoms with Crippen LogP contribution in [0.3, 0.4) is 0 Å². The summed E-state index contributed by atoms with van der Waals surface area (Å²) in [6, 6.07) is 0. The number of aliphatic hydroxyl groups excluding tert-OH is 1. The molecule has 5 saturated carbocycles. The molecular weight excluding hydrogens is 464 g/mol. The van der Waals surface area contributed by atoms with Crippen LogP contribution in [0.25, 0.3) is 0 Å². The normalized spacial score (nSPS) is 52.7. The van der Waals surface area contributed by atoms with Crippen molar-refractivity contribution in [2.45, 2.75) is 112 Å². The van der Waals surface area contributed by atoms with Crippen LogP contribution in [-0.4, -0.2) is 34.9 Å². The Morgan fingerprint density at radius 3 is 2.16 bits per heavy atom. The van der Waals surface area contributed by atoms with Crippen LogP contribution in [0.5, 0.6) is 0 Å². The zero-order valence-corrected chi connectivity index (χ0v) is 24.1. The Bertz CT molecular complexity index is 990. The zero-order chi connectivity index (χ0) is 27.2. The number of carbonyl (C=O) groups excluding carboxylic acids is 1. The molecule has 0 aromatic heterocycles. The lowest BCUT2D eigenvalue weighted by Crippen LogP contribution is -2.68. The van der Waals surface area contributed by atoms with Crippen molar-refractivity contribution in [3.8, 4) is 0 Å². The number of aliphatic carboxylic acids is 1. The van der Waals surface area contributed by atoms with E-state index in [0.29, 0.717) is 23.7 Å². The van der Waals surface area contributed by atoms with Gasteiger partial charge in [-0.1, -0.05) is 39.8 Å². The van der Waals surface area contributed by atoms with Gasteiger partial charge in [0.1, 0.15) is 6.10 Å². The van der Waals surface area contributed by atoms with Gasteiger partial charge in [-0.15, -0.1) is 0 Å². The third-order valence-corrected chi connectivity index (χ3v) is 13.9. The van der Waals surface area contributed by atoms with Crippen molar-refractivity contribution in [1.82, 2.24) is 0 Å². The van der Waals surface area contributed by atoms with Gasteiger partial charge in [0, 0.05) is 12.3 Å². The maximum atomic E-state index is 12.8. The number of hydrogen-bond acceptors (Lipinski definition) is 4. The molecule has 0 aromatic carbocycles. The molecule has 208 valence electrons. The lowest BCUT2D eigenvalue weighted by atomic mass is 9.32. The molecular formula is C32H50O5. The van der Waals surface area contributed by atoms with Crippen LogP contribution in [0, 0.1) is 56.7 Å². The molecule has 5 nitrogen and oxygen atoms in total. The number of esters is 1. The first kappa shape index (κ1) is 27.2. The molecule has 0 saturated heterocycles. The van der Waals surface area contributed by atoms with E-state index >= 15 is 0 Å². The fourth-order valence-electron chi connectivity index (χ4n) is 11.9. The molecule has 11 atom stereocenters. The minimum absolute atomic E-state index is 0.0397. The summed E-state index contributed by atoms with van der Waals surface area (Å²) in [6.45, 7) is 17.7. The lowest BCUT2D eigenvalue weighted by Gasteiger charge is -2.72. The monoisotopic (exact) mass is 514 g/mol. The molecule has 5 aliphatic carbocycles. The quantitative estimate of drug-likeness (QED) is 0.325. The molecule has 0 heterocycles. The third kappa shape index (κ3) is 3.37. The van der Waals surface area contributed by atoms with Crippen molar-refractivity contribution in [1.29, 1.82) is 0 Å². The molecule has 5 fully saturated rings. The van der Waals surface area contributed by atoms with Crippen LogP contribution >= 0.6 is 0 Å². The van der Waals surface area contributed by atoms with Crippen LogP contribution in [0.4, 0.5) is 0 Å². The molecule has 5 heteroatoms. The van der Waals surface area contributed by atoms with Crippen LogP contribution < -0.4 is 0 Å². The van der Waals surface area contributed by atoms with Gasteiger partial charge >= 0.3 is 11.9 Å². The topological polar surface area (TPSA) is 83.8 Å². The van der Waals surface area contributed by atoms with Crippen LogP contribution in [0.15, 0.2) is 12.2 Å². The Kier molecular flexibility index (Phi) is 6.30. The van der Waals surface area contributed by atoms with E-state index in [-0.39, 0.29) is 40.8 Å². The summed E-state index contributed by atoms with van der Waals surface area (Å²) in [5, 5.41) is 21.2. The average Bonchev–Trinajstić information content (AvgIpc) is 3.23. The molecule has 5 aliphatic rings. The Balaban J connectivity index is 1.53. The van der Waals surface area contributed by atoms with Crippen LogP contribution in [0.2, 0.25) is 0 Å². The van der Waals surface area contributed by atoms with E-state index in [2.05, 4.69) is 41.2 Å². The van der Waals surface area contributed by atoms with E-state index in [1.54, 1.807) is 0 Å². The summed E-state index contributed by atoms with van der Waals surface area (Å²) in [5.41, 5.74) is 0.435. The highest BCUT2D eigenvalue weighted by Gasteiger charge is 2.72. The molecule has 0 aromatic rings. The molecule has 2 N–H and O–H groups in total. The number of carboxylic acid groups (broad SMARTS) is 1. The standard InChI is InChI=1S/C32H50O5/c1-19(2)21-10-15-32(27(35)36)17-16-30(6)22(26(21)32)8-9-24-28(4)13-12-25(37-20(3)34)29(5,18-33)23(28)11-14-31(24,30)7/h21-26,33H,1,8-18H2,2-7H3,(H,35,36)/t21-,22+,23+,24+,25?,26+,28-,29?,30+,31+,32-/m0/s1. The second-order valence-corrected chi connectivity index (χ2v) is 14.9. The van der Waals surface area contributed by atoms with E-state index in [9.17, 15) is 19.8 Å². The predicted octanol–water partition coefficient (Wildman–Crippen LogP) is 6.63. The minimum atomic E-state index is -0.588. The zero-order valence-electron chi connectivity index (χ0n) is 24.1. The van der Waals surface area contributed by atoms with Gasteiger partial charge in [-0.3, -0.25) is 9.59 Å². The number of ether oxygens (including phenoxy) is 1. The molecule has 0 aliphatic heterocycles. The van der Waals surface area contributed by atoms with Gasteiger partial charge in [0.2, 0.25) is 0 Å². The van der Waals surface area contributed by atoms with Crippen LogP contribution in [-0.2, 0) is 14.3 Å². The summed E-state index contributed by atoms with van der Waals surface area (Å²) >= 11 is 0. The molecule has 2 unspecified atom stereocenters. The Labute approximate surface area is 223 Å². The van der Waals surface area contributed by atoms with Crippen molar-refractivity contribution in [2.24, 2.45) is 56.7 Å². The van der Waals surface area contributed by atoms with Gasteiger partial charge in [-0.2, -0.15) is 0 Å². The summed E-state index contributed by atoms with van der Waals surface area (Å²) in [4.78, 5) is 24.8. The Hall–Kier alpha value is -1.36. The molecule has 0 spiro atoms. The molecule has 0 amide bonds. The maximum absolute atomic E-state index is 12.8. The Morgan fingerprint density at radius 1 is 0.865 bits per heavy atom. The number of hydrogen-bond donors (Lipinski definition) is 2. The van der Waals surface area contributed by atoms with E-state index < -0.39 is 16.8 Å². The first-order chi connectivity index (χ1) is 17.2. The smallest absolute Gasteiger partial charge is 0.309 e. The molecule has 0 radical (unpaired) electrons. The van der Waals surface area contributed by atoms with E-state index in [1.165, 1.54) is 12.5 Å². The third-order valence-electron chi connectivity index (χ3n) is 13.9. The van der Waals surface area contributed by atoms with E-state index in [4.69, 9.17) is 4.74 Å². The minimum Gasteiger partial charge on any atom is -0.481 e. The molecule has 37 heavy (non-hydrogen) atoms. The lowest BCUT2D eigenvalue weighted by molar-refractivity contribution is -0.256. The van der Waals surface area contributed by atoms with Crippen LogP contribution in [0.1, 0.15) is 106 Å². The number of fused-ring (bicyclic) bond motifs is 7. The first-order valence-electron chi connectivity index (χ1n) is 14.9. The van der Waals surface area contributed by atoms with Crippen molar-refractivity contribution in [2.75, 3.05) is 6.61 Å². The number of rotatable bonds is 4. The van der Waals surface area contributed by atoms with Crippen molar-refractivity contribution in [3.63, 3.8) is 0 Å². The number of allylic oxidation sites excluding steroid dienone is 1. The highest BCUT2D eigenvalue weighted by molar-refractivity contribution is 5.76. The van der Waals surface area contributed by atoms with Gasteiger partial charge in [-0.05, 0) is 117 Å². The van der Waals surface area contributed by atoms with Crippen molar-refractivity contribution in [3.05, 3.63) is 12.2 Å². The fourth-order valence-corrected chi connectivity index (χ4v) is 11.9. The second-order valence-electron chi connectivity index (χ2n) is 14.9. The first-order valence-corrected chi connectivity index (χ1v) is 14.9. The predicted molar refractivity (Wildman–Crippen MR) is 144 cm³/mol.